The van der Waals surface area contributed by atoms with E-state index in [4.69, 9.17) is 19.9 Å². The van der Waals surface area contributed by atoms with Gasteiger partial charge in [-0.1, -0.05) is 6.92 Å². The number of aromatic nitrogens is 3. The zero-order valence-electron chi connectivity index (χ0n) is 19.8. The van der Waals surface area contributed by atoms with Gasteiger partial charge in [0.1, 0.15) is 36.7 Å². The maximum absolute atomic E-state index is 12.2. The molecule has 0 saturated carbocycles. The highest BCUT2D eigenvalue weighted by atomic mass is 16.8. The molecule has 1 aliphatic heterocycles. The van der Waals surface area contributed by atoms with Crippen LogP contribution < -0.4 is 11.1 Å². The molecule has 1 amide bonds. The van der Waals surface area contributed by atoms with Crippen molar-refractivity contribution in [2.45, 2.75) is 44.2 Å². The van der Waals surface area contributed by atoms with Crippen molar-refractivity contribution in [2.75, 3.05) is 25.3 Å². The fraction of sp³-hybridized carbons (Fsp3) is 0.476. The normalized spacial score (nSPS) is 22.6. The maximum Gasteiger partial charge on any atom is 0.511 e. The molecule has 0 bridgehead atoms. The fourth-order valence-electron chi connectivity index (χ4n) is 3.51. The number of ether oxygens (including phenoxy) is 5. The Bertz CT molecular complexity index is 1230. The minimum Gasteiger partial charge on any atom is -0.462 e. The van der Waals surface area contributed by atoms with Crippen molar-refractivity contribution < 1.29 is 48.0 Å². The van der Waals surface area contributed by atoms with Crippen LogP contribution in [0.1, 0.15) is 26.0 Å². The Labute approximate surface area is 209 Å². The van der Waals surface area contributed by atoms with Crippen molar-refractivity contribution >= 4 is 35.3 Å². The van der Waals surface area contributed by atoms with Gasteiger partial charge in [0.2, 0.25) is 18.3 Å². The van der Waals surface area contributed by atoms with Gasteiger partial charge in [0, 0.05) is 13.3 Å². The van der Waals surface area contributed by atoms with Gasteiger partial charge in [0.15, 0.2) is 11.9 Å². The Morgan fingerprint density at radius 1 is 1.30 bits per heavy atom. The molecule has 16 nitrogen and oxygen atoms in total. The molecule has 0 radical (unpaired) electrons. The van der Waals surface area contributed by atoms with E-state index >= 15 is 0 Å². The van der Waals surface area contributed by atoms with Crippen LogP contribution in [0.5, 0.6) is 0 Å². The second kappa shape index (κ2) is 11.6. The lowest BCUT2D eigenvalue weighted by atomic mass is 9.92. The number of esters is 2. The first-order valence-electron chi connectivity index (χ1n) is 10.9. The first-order valence-corrected chi connectivity index (χ1v) is 10.9. The minimum absolute atomic E-state index is 0.00132. The molecule has 3 rings (SSSR count). The van der Waals surface area contributed by atoms with Crippen molar-refractivity contribution in [2.24, 2.45) is 5.73 Å². The number of rotatable bonds is 9. The Balaban J connectivity index is 1.96. The molecule has 0 aromatic carbocycles. The molecule has 2 aromatic heterocycles. The van der Waals surface area contributed by atoms with Gasteiger partial charge >= 0.3 is 18.1 Å². The summed E-state index contributed by atoms with van der Waals surface area (Å²) in [6.45, 7) is 0.979. The van der Waals surface area contributed by atoms with Gasteiger partial charge in [0.25, 0.3) is 0 Å². The van der Waals surface area contributed by atoms with Crippen LogP contribution >= 0.6 is 0 Å². The highest BCUT2D eigenvalue weighted by Gasteiger charge is 2.60. The van der Waals surface area contributed by atoms with Crippen LogP contribution in [-0.4, -0.2) is 82.0 Å². The Kier molecular flexibility index (Phi) is 8.55. The summed E-state index contributed by atoms with van der Waals surface area (Å²) in [4.78, 5) is 50.5. The molecule has 4 N–H and O–H groups in total. The molecular formula is C21H24N6O10. The van der Waals surface area contributed by atoms with Gasteiger partial charge in [0.05, 0.1) is 12.2 Å². The summed E-state index contributed by atoms with van der Waals surface area (Å²) in [5, 5.41) is 28.0. The van der Waals surface area contributed by atoms with Gasteiger partial charge in [-0.15, -0.1) is 0 Å². The van der Waals surface area contributed by atoms with Gasteiger partial charge in [-0.05, 0) is 12.1 Å². The number of nitrogens with one attached hydrogen (secondary N) is 1. The highest BCUT2D eigenvalue weighted by molar-refractivity contribution is 5.93. The summed E-state index contributed by atoms with van der Waals surface area (Å²) >= 11 is 0. The number of fused-ring (bicyclic) bond motifs is 1. The number of amides is 1. The molecule has 0 aliphatic carbocycles. The monoisotopic (exact) mass is 520 g/mol. The average molecular weight is 520 g/mol. The molecule has 3 heterocycles. The molecule has 0 spiro atoms. The van der Waals surface area contributed by atoms with Crippen molar-refractivity contribution in [1.82, 2.24) is 14.6 Å². The van der Waals surface area contributed by atoms with E-state index < -0.39 is 62.0 Å². The van der Waals surface area contributed by atoms with Gasteiger partial charge in [-0.2, -0.15) is 10.4 Å². The molecule has 2 aromatic rings. The van der Waals surface area contributed by atoms with Gasteiger partial charge in [-0.25, -0.2) is 14.3 Å². The van der Waals surface area contributed by atoms with Crippen LogP contribution in [0.25, 0.3) is 5.52 Å². The van der Waals surface area contributed by atoms with E-state index in [-0.39, 0.29) is 29.4 Å². The van der Waals surface area contributed by atoms with Gasteiger partial charge in [-0.3, -0.25) is 14.4 Å². The van der Waals surface area contributed by atoms with Crippen molar-refractivity contribution in [1.29, 1.82) is 5.26 Å². The molecule has 0 unspecified atom stereocenters. The third-order valence-electron chi connectivity index (χ3n) is 5.26. The summed E-state index contributed by atoms with van der Waals surface area (Å²) in [7, 11) is 0. The summed E-state index contributed by atoms with van der Waals surface area (Å²) in [6, 6.07) is 4.77. The Morgan fingerprint density at radius 2 is 2.05 bits per heavy atom. The van der Waals surface area contributed by atoms with Crippen LogP contribution in [-0.2, 0) is 43.7 Å². The van der Waals surface area contributed by atoms with Gasteiger partial charge < -0.3 is 39.8 Å². The largest absolute Gasteiger partial charge is 0.511 e. The topological polar surface area (TPSA) is 227 Å². The van der Waals surface area contributed by atoms with Crippen LogP contribution in [0.2, 0.25) is 0 Å². The summed E-state index contributed by atoms with van der Waals surface area (Å²) in [5.41, 5.74) is 3.34. The van der Waals surface area contributed by atoms with Crippen LogP contribution in [0.15, 0.2) is 18.5 Å². The summed E-state index contributed by atoms with van der Waals surface area (Å²) < 4.78 is 26.3. The van der Waals surface area contributed by atoms with E-state index in [2.05, 4.69) is 24.9 Å². The first-order chi connectivity index (χ1) is 17.7. The number of nitrogens with two attached hydrogens (primary N) is 1. The lowest BCUT2D eigenvalue weighted by molar-refractivity contribution is -0.152. The van der Waals surface area contributed by atoms with Crippen LogP contribution in [0.4, 0.5) is 10.6 Å². The average Bonchev–Trinajstić information content (AvgIpc) is 3.43. The van der Waals surface area contributed by atoms with E-state index in [1.54, 1.807) is 6.92 Å². The second-order valence-corrected chi connectivity index (χ2v) is 7.59. The number of hydrogen-bond donors (Lipinski definition) is 3. The number of anilines is 1. The number of carbonyl (C=O) groups is 4. The van der Waals surface area contributed by atoms with Crippen molar-refractivity contribution in [3.8, 4) is 6.07 Å². The zero-order valence-corrected chi connectivity index (χ0v) is 19.8. The van der Waals surface area contributed by atoms with Crippen LogP contribution in [0, 0.1) is 11.3 Å². The smallest absolute Gasteiger partial charge is 0.462 e. The predicted octanol–water partition coefficient (Wildman–Crippen LogP) is -0.899. The molecule has 4 atom stereocenters. The molecular weight excluding hydrogens is 496 g/mol. The molecule has 16 heteroatoms. The fourth-order valence-corrected chi connectivity index (χ4v) is 3.51. The lowest BCUT2D eigenvalue weighted by Gasteiger charge is -2.24. The number of hydrogen-bond acceptors (Lipinski definition) is 14. The lowest BCUT2D eigenvalue weighted by Crippen LogP contribution is -2.43. The van der Waals surface area contributed by atoms with E-state index in [9.17, 15) is 29.5 Å². The molecule has 37 heavy (non-hydrogen) atoms. The molecule has 198 valence electrons. The zero-order chi connectivity index (χ0) is 27.2. The van der Waals surface area contributed by atoms with E-state index in [1.807, 2.05) is 6.07 Å². The Hall–Kier alpha value is -4.33. The van der Waals surface area contributed by atoms with Crippen LogP contribution in [0.3, 0.4) is 0 Å². The summed E-state index contributed by atoms with van der Waals surface area (Å²) in [5.74, 6) is -1.72. The number of aliphatic hydroxyl groups excluding tert-OH is 1. The van der Waals surface area contributed by atoms with E-state index in [1.165, 1.54) is 16.6 Å². The summed E-state index contributed by atoms with van der Waals surface area (Å²) in [6.07, 6.45) is -4.83. The highest BCUT2D eigenvalue weighted by Crippen LogP contribution is 2.42. The first kappa shape index (κ1) is 27.3. The standard InChI is InChI=1S/C21H24N6O10/c1-3-15(29)26-19-12-4-5-14(27(12)25-9-24-19)21(8-23)18(31)17(13(37-21)7-33-16(30)6-22)36-20(32)35-10-34-11(2)28/h4-5,9,13,17-18,31H,3,6-7,10,22H2,1-2H3,(H,24,25,26,29)/t13-,17-,18-,21+/m1/s1. The Morgan fingerprint density at radius 3 is 2.70 bits per heavy atom. The molecule has 1 saturated heterocycles. The third kappa shape index (κ3) is 5.74. The number of nitrogens with zero attached hydrogens (tertiary/aromatic N) is 4. The SMILES string of the molecule is CCC(=O)Nc1ncnn2c([C@]3(C#N)O[C@H](COC(=O)CN)[C@@H](OC(=O)OCOC(C)=O)[C@H]3O)ccc12. The number of nitriles is 1. The number of carbonyl (C=O) groups excluding carboxylic acids is 4. The minimum atomic E-state index is -2.19. The molecule has 1 fully saturated rings. The molecule has 1 aliphatic rings. The maximum atomic E-state index is 12.2. The van der Waals surface area contributed by atoms with E-state index in [0.29, 0.717) is 0 Å². The second-order valence-electron chi connectivity index (χ2n) is 7.59. The number of aliphatic hydroxyl groups is 1. The predicted molar refractivity (Wildman–Crippen MR) is 118 cm³/mol. The van der Waals surface area contributed by atoms with Crippen molar-refractivity contribution in [3.63, 3.8) is 0 Å². The third-order valence-corrected chi connectivity index (χ3v) is 5.26. The van der Waals surface area contributed by atoms with E-state index in [0.717, 1.165) is 13.3 Å². The van der Waals surface area contributed by atoms with Crippen molar-refractivity contribution in [3.05, 3.63) is 24.2 Å². The quantitative estimate of drug-likeness (QED) is 0.207.